The van der Waals surface area contributed by atoms with Crippen LogP contribution in [0.2, 0.25) is 0 Å². The molecule has 0 aromatic heterocycles. The Labute approximate surface area is 105 Å². The maximum atomic E-state index is 11.9. The number of amides is 1. The average molecular weight is 255 g/mol. The summed E-state index contributed by atoms with van der Waals surface area (Å²) in [6.45, 7) is 1.50. The largest absolute Gasteiger partial charge is 0.481 e. The first-order valence-electron chi connectivity index (χ1n) is 5.73. The molecule has 18 heavy (non-hydrogen) atoms. The van der Waals surface area contributed by atoms with E-state index in [4.69, 9.17) is 5.11 Å². The SMILES string of the molecule is COC(=O)C(C)NC(=O)C1CC=CCC1C(=O)O. The van der Waals surface area contributed by atoms with Crippen LogP contribution < -0.4 is 5.32 Å². The average Bonchev–Trinajstić information content (AvgIpc) is 2.37. The van der Waals surface area contributed by atoms with Crippen LogP contribution in [0.5, 0.6) is 0 Å². The molecule has 6 heteroatoms. The Kier molecular flexibility index (Phi) is 4.88. The molecule has 0 saturated carbocycles. The topological polar surface area (TPSA) is 92.7 Å². The number of carboxylic acids is 1. The summed E-state index contributed by atoms with van der Waals surface area (Å²) in [7, 11) is 1.23. The van der Waals surface area contributed by atoms with Crippen LogP contribution in [-0.4, -0.2) is 36.1 Å². The summed E-state index contributed by atoms with van der Waals surface area (Å²) in [5, 5.41) is 11.5. The summed E-state index contributed by atoms with van der Waals surface area (Å²) in [6, 6.07) is -0.775. The summed E-state index contributed by atoms with van der Waals surface area (Å²) >= 11 is 0. The Morgan fingerprint density at radius 1 is 1.28 bits per heavy atom. The van der Waals surface area contributed by atoms with E-state index in [1.54, 1.807) is 12.2 Å². The lowest BCUT2D eigenvalue weighted by Gasteiger charge is -2.25. The van der Waals surface area contributed by atoms with Crippen molar-refractivity contribution in [3.8, 4) is 0 Å². The lowest BCUT2D eigenvalue weighted by molar-refractivity contribution is -0.149. The number of ether oxygens (including phenoxy) is 1. The van der Waals surface area contributed by atoms with Crippen LogP contribution in [-0.2, 0) is 19.1 Å². The summed E-state index contributed by atoms with van der Waals surface area (Å²) in [5.41, 5.74) is 0. The zero-order chi connectivity index (χ0) is 13.7. The van der Waals surface area contributed by atoms with E-state index >= 15 is 0 Å². The second-order valence-corrected chi connectivity index (χ2v) is 4.25. The second-order valence-electron chi connectivity index (χ2n) is 4.25. The quantitative estimate of drug-likeness (QED) is 0.558. The van der Waals surface area contributed by atoms with Gasteiger partial charge >= 0.3 is 11.9 Å². The van der Waals surface area contributed by atoms with Crippen LogP contribution in [0.1, 0.15) is 19.8 Å². The van der Waals surface area contributed by atoms with E-state index in [2.05, 4.69) is 10.1 Å². The third-order valence-electron chi connectivity index (χ3n) is 3.00. The minimum atomic E-state index is -0.995. The molecule has 0 radical (unpaired) electrons. The van der Waals surface area contributed by atoms with E-state index < -0.39 is 35.7 Å². The molecule has 1 aliphatic rings. The molecular weight excluding hydrogens is 238 g/mol. The van der Waals surface area contributed by atoms with Crippen molar-refractivity contribution < 1.29 is 24.2 Å². The molecule has 1 rings (SSSR count). The normalized spacial score (nSPS) is 24.1. The smallest absolute Gasteiger partial charge is 0.328 e. The number of methoxy groups -OCH3 is 1. The number of aliphatic carboxylic acids is 1. The summed E-state index contributed by atoms with van der Waals surface area (Å²) in [5.74, 6) is -3.35. The summed E-state index contributed by atoms with van der Waals surface area (Å²) in [4.78, 5) is 34.1. The van der Waals surface area contributed by atoms with Crippen molar-refractivity contribution >= 4 is 17.8 Å². The standard InChI is InChI=1S/C12H17NO5/c1-7(12(17)18-2)13-10(14)8-5-3-4-6-9(8)11(15)16/h3-4,7-9H,5-6H2,1-2H3,(H,13,14)(H,15,16). The Bertz CT molecular complexity index is 377. The highest BCUT2D eigenvalue weighted by Gasteiger charge is 2.34. The number of hydrogen-bond donors (Lipinski definition) is 2. The van der Waals surface area contributed by atoms with Gasteiger partial charge in [-0.3, -0.25) is 9.59 Å². The first kappa shape index (κ1) is 14.2. The van der Waals surface area contributed by atoms with E-state index in [1.165, 1.54) is 14.0 Å². The van der Waals surface area contributed by atoms with Crippen molar-refractivity contribution in [2.45, 2.75) is 25.8 Å². The van der Waals surface area contributed by atoms with Gasteiger partial charge in [0.2, 0.25) is 5.91 Å². The van der Waals surface area contributed by atoms with Crippen LogP contribution >= 0.6 is 0 Å². The van der Waals surface area contributed by atoms with Crippen LogP contribution in [0.3, 0.4) is 0 Å². The number of esters is 1. The van der Waals surface area contributed by atoms with Gasteiger partial charge in [0.25, 0.3) is 0 Å². The van der Waals surface area contributed by atoms with Gasteiger partial charge in [-0.15, -0.1) is 0 Å². The van der Waals surface area contributed by atoms with Crippen LogP contribution in [0.15, 0.2) is 12.2 Å². The van der Waals surface area contributed by atoms with E-state index in [0.717, 1.165) is 0 Å². The molecule has 6 nitrogen and oxygen atoms in total. The van der Waals surface area contributed by atoms with E-state index in [-0.39, 0.29) is 0 Å². The Morgan fingerprint density at radius 2 is 1.83 bits per heavy atom. The van der Waals surface area contributed by atoms with E-state index in [1.807, 2.05) is 0 Å². The predicted molar refractivity (Wildman–Crippen MR) is 62.6 cm³/mol. The molecule has 3 atom stereocenters. The first-order chi connectivity index (χ1) is 8.47. The number of allylic oxidation sites excluding steroid dienone is 2. The number of hydrogen-bond acceptors (Lipinski definition) is 4. The fraction of sp³-hybridized carbons (Fsp3) is 0.583. The molecule has 1 amide bonds. The molecule has 1 aliphatic carbocycles. The van der Waals surface area contributed by atoms with Gasteiger partial charge in [-0.2, -0.15) is 0 Å². The minimum absolute atomic E-state index is 0.333. The molecule has 0 aliphatic heterocycles. The molecule has 0 aromatic rings. The van der Waals surface area contributed by atoms with Gasteiger partial charge in [0.1, 0.15) is 6.04 Å². The van der Waals surface area contributed by atoms with Crippen molar-refractivity contribution in [2.75, 3.05) is 7.11 Å². The van der Waals surface area contributed by atoms with Gasteiger partial charge in [0.15, 0.2) is 0 Å². The van der Waals surface area contributed by atoms with E-state index in [0.29, 0.717) is 12.8 Å². The second kappa shape index (κ2) is 6.18. The van der Waals surface area contributed by atoms with Gasteiger partial charge < -0.3 is 15.2 Å². The molecule has 100 valence electrons. The number of carbonyl (C=O) groups is 3. The molecule has 0 bridgehead atoms. The molecule has 0 saturated heterocycles. The highest BCUT2D eigenvalue weighted by atomic mass is 16.5. The number of nitrogens with one attached hydrogen (secondary N) is 1. The molecule has 0 spiro atoms. The van der Waals surface area contributed by atoms with Crippen LogP contribution in [0.4, 0.5) is 0 Å². The molecule has 0 fully saturated rings. The van der Waals surface area contributed by atoms with Crippen molar-refractivity contribution in [1.29, 1.82) is 0 Å². The van der Waals surface area contributed by atoms with Crippen LogP contribution in [0, 0.1) is 11.8 Å². The Balaban J connectivity index is 2.67. The third kappa shape index (κ3) is 3.32. The zero-order valence-corrected chi connectivity index (χ0v) is 10.4. The molecular formula is C12H17NO5. The van der Waals surface area contributed by atoms with E-state index in [9.17, 15) is 14.4 Å². The number of rotatable bonds is 4. The van der Waals surface area contributed by atoms with Crippen molar-refractivity contribution in [3.63, 3.8) is 0 Å². The summed E-state index contributed by atoms with van der Waals surface area (Å²) < 4.78 is 4.49. The third-order valence-corrected chi connectivity index (χ3v) is 3.00. The highest BCUT2D eigenvalue weighted by Crippen LogP contribution is 2.26. The van der Waals surface area contributed by atoms with Gasteiger partial charge in [-0.05, 0) is 19.8 Å². The molecule has 2 N–H and O–H groups in total. The lowest BCUT2D eigenvalue weighted by atomic mass is 9.82. The maximum Gasteiger partial charge on any atom is 0.328 e. The lowest BCUT2D eigenvalue weighted by Crippen LogP contribution is -2.45. The Hall–Kier alpha value is -1.85. The Morgan fingerprint density at radius 3 is 2.33 bits per heavy atom. The van der Waals surface area contributed by atoms with Crippen molar-refractivity contribution in [1.82, 2.24) is 5.32 Å². The number of carbonyl (C=O) groups excluding carboxylic acids is 2. The fourth-order valence-electron chi connectivity index (χ4n) is 1.93. The van der Waals surface area contributed by atoms with Gasteiger partial charge in [-0.25, -0.2) is 4.79 Å². The first-order valence-corrected chi connectivity index (χ1v) is 5.73. The number of carboxylic acid groups (broad SMARTS) is 1. The molecule has 3 unspecified atom stereocenters. The predicted octanol–water partition coefficient (Wildman–Crippen LogP) is 0.331. The summed E-state index contributed by atoms with van der Waals surface area (Å²) in [6.07, 6.45) is 4.25. The highest BCUT2D eigenvalue weighted by molar-refractivity contribution is 5.88. The fourth-order valence-corrected chi connectivity index (χ4v) is 1.93. The van der Waals surface area contributed by atoms with Crippen molar-refractivity contribution in [2.24, 2.45) is 11.8 Å². The zero-order valence-electron chi connectivity index (χ0n) is 10.4. The molecule has 0 aromatic carbocycles. The molecule has 0 heterocycles. The van der Waals surface area contributed by atoms with Gasteiger partial charge in [0, 0.05) is 0 Å². The monoisotopic (exact) mass is 255 g/mol. The van der Waals surface area contributed by atoms with Crippen molar-refractivity contribution in [3.05, 3.63) is 12.2 Å². The minimum Gasteiger partial charge on any atom is -0.481 e. The maximum absolute atomic E-state index is 11.9. The van der Waals surface area contributed by atoms with Gasteiger partial charge in [0.05, 0.1) is 18.9 Å². The van der Waals surface area contributed by atoms with Gasteiger partial charge in [-0.1, -0.05) is 12.2 Å². The van der Waals surface area contributed by atoms with Crippen LogP contribution in [0.25, 0.3) is 0 Å².